The summed E-state index contributed by atoms with van der Waals surface area (Å²) in [5.41, 5.74) is 1.91. The predicted molar refractivity (Wildman–Crippen MR) is 94.8 cm³/mol. The number of allylic oxidation sites excluding steroid dienone is 2. The molecule has 2 heterocycles. The lowest BCUT2D eigenvalue weighted by molar-refractivity contribution is -0.124. The smallest absolute Gasteiger partial charge is 0.168 e. The number of halogens is 1. The van der Waals surface area contributed by atoms with E-state index in [4.69, 9.17) is 0 Å². The Morgan fingerprint density at radius 2 is 2.17 bits per heavy atom. The second-order valence-corrected chi connectivity index (χ2v) is 7.91. The van der Waals surface area contributed by atoms with E-state index in [1.807, 2.05) is 26.0 Å². The molecule has 1 aliphatic carbocycles. The van der Waals surface area contributed by atoms with E-state index in [1.54, 1.807) is 23.0 Å². The van der Waals surface area contributed by atoms with Gasteiger partial charge in [0.25, 0.3) is 0 Å². The van der Waals surface area contributed by atoms with Gasteiger partial charge in [0.05, 0.1) is 6.20 Å². The average molecular weight is 388 g/mol. The normalized spacial score (nSPS) is 22.0. The van der Waals surface area contributed by atoms with E-state index in [1.165, 1.54) is 0 Å². The molecule has 0 bridgehead atoms. The average Bonchev–Trinajstić information content (AvgIpc) is 3.00. The Morgan fingerprint density at radius 1 is 1.38 bits per heavy atom. The number of benzene rings is 1. The fourth-order valence-electron chi connectivity index (χ4n) is 3.53. The number of aromatic nitrogens is 2. The highest BCUT2D eigenvalue weighted by atomic mass is 79.9. The second-order valence-electron chi connectivity index (χ2n) is 7.00. The van der Waals surface area contributed by atoms with Gasteiger partial charge in [-0.15, -0.1) is 0 Å². The Balaban J connectivity index is 1.97. The van der Waals surface area contributed by atoms with E-state index in [-0.39, 0.29) is 11.5 Å². The van der Waals surface area contributed by atoms with Crippen molar-refractivity contribution in [1.29, 1.82) is 0 Å². The van der Waals surface area contributed by atoms with Gasteiger partial charge in [-0.2, -0.15) is 5.10 Å². The van der Waals surface area contributed by atoms with Gasteiger partial charge in [-0.05, 0) is 31.0 Å². The molecule has 2 aromatic rings. The van der Waals surface area contributed by atoms with Crippen LogP contribution in [0.1, 0.15) is 38.3 Å². The van der Waals surface area contributed by atoms with Gasteiger partial charge in [0.15, 0.2) is 5.78 Å². The van der Waals surface area contributed by atoms with Crippen LogP contribution in [0.2, 0.25) is 0 Å². The molecule has 1 atom stereocenters. The first-order chi connectivity index (χ1) is 11.4. The van der Waals surface area contributed by atoms with Crippen LogP contribution in [0.15, 0.2) is 46.2 Å². The van der Waals surface area contributed by atoms with Gasteiger partial charge in [-0.25, -0.2) is 4.68 Å². The Bertz CT molecular complexity index is 882. The highest BCUT2D eigenvalue weighted by Gasteiger charge is 2.43. The summed E-state index contributed by atoms with van der Waals surface area (Å²) in [6.07, 6.45) is 3.33. The van der Waals surface area contributed by atoms with Crippen LogP contribution in [0.4, 0.5) is 5.82 Å². The molecular weight excluding hydrogens is 370 g/mol. The number of nitrogens with zero attached hydrogens (tertiary/aromatic N) is 2. The van der Waals surface area contributed by atoms with Gasteiger partial charge in [0.2, 0.25) is 0 Å². The quantitative estimate of drug-likeness (QED) is 0.775. The van der Waals surface area contributed by atoms with Crippen molar-refractivity contribution in [2.45, 2.75) is 32.7 Å². The van der Waals surface area contributed by atoms with Gasteiger partial charge < -0.3 is 10.4 Å². The molecule has 0 amide bonds. The maximum absolute atomic E-state index is 13.2. The molecule has 5 nitrogen and oxygen atoms in total. The Morgan fingerprint density at radius 3 is 2.96 bits per heavy atom. The Labute approximate surface area is 148 Å². The first-order valence-electron chi connectivity index (χ1n) is 7.95. The zero-order valence-electron chi connectivity index (χ0n) is 13.5. The van der Waals surface area contributed by atoms with Crippen molar-refractivity contribution in [3.8, 4) is 5.75 Å². The van der Waals surface area contributed by atoms with E-state index in [0.29, 0.717) is 11.1 Å². The molecule has 0 radical (unpaired) electrons. The van der Waals surface area contributed by atoms with Crippen LogP contribution in [0.3, 0.4) is 0 Å². The molecule has 0 spiro atoms. The third-order valence-electron chi connectivity index (χ3n) is 4.94. The summed E-state index contributed by atoms with van der Waals surface area (Å²) in [4.78, 5) is 13.2. The molecule has 6 heteroatoms. The summed E-state index contributed by atoms with van der Waals surface area (Å²) < 4.78 is 2.63. The molecule has 1 aromatic carbocycles. The first-order valence-corrected chi connectivity index (χ1v) is 8.74. The molecule has 0 saturated carbocycles. The molecule has 2 aliphatic rings. The van der Waals surface area contributed by atoms with Crippen LogP contribution in [0.5, 0.6) is 5.75 Å². The summed E-state index contributed by atoms with van der Waals surface area (Å²) in [6, 6.07) is 6.75. The fraction of sp³-hybridized carbons (Fsp3) is 0.333. The van der Waals surface area contributed by atoms with E-state index >= 15 is 0 Å². The number of rotatable bonds is 1. The van der Waals surface area contributed by atoms with Gasteiger partial charge in [-0.1, -0.05) is 29.8 Å². The summed E-state index contributed by atoms with van der Waals surface area (Å²) in [5, 5.41) is 18.2. The van der Waals surface area contributed by atoms with E-state index in [2.05, 4.69) is 26.3 Å². The minimum absolute atomic E-state index is 0.113. The molecule has 0 saturated heterocycles. The maximum Gasteiger partial charge on any atom is 0.168 e. The molecule has 2 N–H and O–H groups in total. The van der Waals surface area contributed by atoms with Crippen molar-refractivity contribution in [3.05, 3.63) is 51.8 Å². The first kappa shape index (κ1) is 15.4. The number of anilines is 1. The zero-order valence-corrected chi connectivity index (χ0v) is 15.1. The highest BCUT2D eigenvalue weighted by molar-refractivity contribution is 9.10. The van der Waals surface area contributed by atoms with Gasteiger partial charge in [0, 0.05) is 32.8 Å². The summed E-state index contributed by atoms with van der Waals surface area (Å²) >= 11 is 3.46. The third kappa shape index (κ3) is 2.20. The number of ketones is 1. The number of phenolic OH excluding ortho intramolecular Hbond substituents is 1. The standard InChI is InChI=1S/C18H18BrN3O2/c1-18(2)7-5-12-15(17(18)24)16(22-14(21-12)6-8-20-22)11-9-10(19)3-4-13(11)23/h3-4,6,8-9,16,21,23H,5,7H2,1-2H3. The monoisotopic (exact) mass is 387 g/mol. The number of hydrogen-bond donors (Lipinski definition) is 2. The predicted octanol–water partition coefficient (Wildman–Crippen LogP) is 4.01. The Kier molecular flexibility index (Phi) is 3.35. The lowest BCUT2D eigenvalue weighted by atomic mass is 9.71. The molecule has 1 aliphatic heterocycles. The molecule has 1 aromatic heterocycles. The summed E-state index contributed by atoms with van der Waals surface area (Å²) in [6.45, 7) is 3.96. The third-order valence-corrected chi connectivity index (χ3v) is 5.43. The number of carbonyl (C=O) groups excluding carboxylic acids is 1. The molecule has 24 heavy (non-hydrogen) atoms. The van der Waals surface area contributed by atoms with Crippen molar-refractivity contribution in [2.75, 3.05) is 5.32 Å². The van der Waals surface area contributed by atoms with Crippen molar-refractivity contribution in [1.82, 2.24) is 9.78 Å². The highest BCUT2D eigenvalue weighted by Crippen LogP contribution is 2.47. The fourth-order valence-corrected chi connectivity index (χ4v) is 3.91. The molecule has 124 valence electrons. The van der Waals surface area contributed by atoms with Crippen molar-refractivity contribution in [2.24, 2.45) is 5.41 Å². The number of carbonyl (C=O) groups is 1. The molecular formula is C18H18BrN3O2. The molecule has 0 fully saturated rings. The van der Waals surface area contributed by atoms with Crippen molar-refractivity contribution in [3.63, 3.8) is 0 Å². The number of phenols is 1. The van der Waals surface area contributed by atoms with Crippen LogP contribution < -0.4 is 5.32 Å². The zero-order chi connectivity index (χ0) is 17.1. The van der Waals surface area contributed by atoms with Crippen LogP contribution in [0.25, 0.3) is 0 Å². The van der Waals surface area contributed by atoms with Gasteiger partial charge in [0.1, 0.15) is 17.6 Å². The minimum atomic E-state index is -0.421. The van der Waals surface area contributed by atoms with Crippen LogP contribution >= 0.6 is 15.9 Å². The van der Waals surface area contributed by atoms with E-state index in [0.717, 1.165) is 28.8 Å². The summed E-state index contributed by atoms with van der Waals surface area (Å²) in [5.74, 6) is 1.11. The molecule has 4 rings (SSSR count). The Hall–Kier alpha value is -2.08. The van der Waals surface area contributed by atoms with E-state index in [9.17, 15) is 9.90 Å². The van der Waals surface area contributed by atoms with Gasteiger partial charge in [-0.3, -0.25) is 4.79 Å². The largest absolute Gasteiger partial charge is 0.508 e. The SMILES string of the molecule is CC1(C)CCC2=C(C1=O)C(c1cc(Br)ccc1O)n1nccc1N2. The maximum atomic E-state index is 13.2. The number of aromatic hydroxyl groups is 1. The van der Waals surface area contributed by atoms with E-state index < -0.39 is 11.5 Å². The number of hydrogen-bond acceptors (Lipinski definition) is 4. The molecule has 1 unspecified atom stereocenters. The van der Waals surface area contributed by atoms with Crippen LogP contribution in [-0.2, 0) is 4.79 Å². The van der Waals surface area contributed by atoms with Crippen LogP contribution in [-0.4, -0.2) is 20.7 Å². The van der Waals surface area contributed by atoms with Gasteiger partial charge >= 0.3 is 0 Å². The number of fused-ring (bicyclic) bond motifs is 1. The lowest BCUT2D eigenvalue weighted by Crippen LogP contribution is -2.39. The summed E-state index contributed by atoms with van der Waals surface area (Å²) in [7, 11) is 0. The van der Waals surface area contributed by atoms with Crippen LogP contribution in [0, 0.1) is 5.41 Å². The van der Waals surface area contributed by atoms with Crippen molar-refractivity contribution < 1.29 is 9.90 Å². The number of nitrogens with one attached hydrogen (secondary N) is 1. The number of Topliss-reactive ketones (excluding diaryl/α,β-unsaturated/α-hetero) is 1. The lowest BCUT2D eigenvalue weighted by Gasteiger charge is -2.39. The minimum Gasteiger partial charge on any atom is -0.508 e. The topological polar surface area (TPSA) is 67.1 Å². The van der Waals surface area contributed by atoms with Crippen molar-refractivity contribution >= 4 is 27.5 Å². The second kappa shape index (κ2) is 5.21.